The fourth-order valence-corrected chi connectivity index (χ4v) is 2.89. The topological polar surface area (TPSA) is 48.0 Å². The van der Waals surface area contributed by atoms with Crippen molar-refractivity contribution in [1.82, 2.24) is 4.90 Å². The van der Waals surface area contributed by atoms with Crippen LogP contribution in [-0.4, -0.2) is 55.4 Å². The SMILES string of the molecule is COCC1CN(C(=O)c2ccccc2OC(C)C)CC(C)(C)O1. The molecule has 0 radical (unpaired) electrons. The highest BCUT2D eigenvalue weighted by Gasteiger charge is 2.36. The van der Waals surface area contributed by atoms with Crippen molar-refractivity contribution in [3.05, 3.63) is 29.8 Å². The van der Waals surface area contributed by atoms with Crippen LogP contribution in [0.2, 0.25) is 0 Å². The maximum atomic E-state index is 13.0. The molecule has 2 rings (SSSR count). The van der Waals surface area contributed by atoms with Crippen LogP contribution in [0.25, 0.3) is 0 Å². The maximum absolute atomic E-state index is 13.0. The fourth-order valence-electron chi connectivity index (χ4n) is 2.89. The second-order valence-electron chi connectivity index (χ2n) is 6.80. The lowest BCUT2D eigenvalue weighted by Gasteiger charge is -2.42. The molecule has 23 heavy (non-hydrogen) atoms. The Kier molecular flexibility index (Phi) is 5.65. The lowest BCUT2D eigenvalue weighted by atomic mass is 10.0. The molecule has 0 spiro atoms. The number of hydrogen-bond donors (Lipinski definition) is 0. The van der Waals surface area contributed by atoms with Crippen molar-refractivity contribution in [2.24, 2.45) is 0 Å². The van der Waals surface area contributed by atoms with Gasteiger partial charge in [-0.05, 0) is 39.8 Å². The Morgan fingerprint density at radius 3 is 2.74 bits per heavy atom. The second kappa shape index (κ2) is 7.32. The van der Waals surface area contributed by atoms with Crippen molar-refractivity contribution in [3.8, 4) is 5.75 Å². The van der Waals surface area contributed by atoms with E-state index in [1.807, 2.05) is 56.9 Å². The first-order valence-electron chi connectivity index (χ1n) is 8.04. The highest BCUT2D eigenvalue weighted by molar-refractivity contribution is 5.97. The molecule has 1 atom stereocenters. The van der Waals surface area contributed by atoms with Crippen molar-refractivity contribution >= 4 is 5.91 Å². The van der Waals surface area contributed by atoms with Gasteiger partial charge in [0.05, 0.1) is 30.0 Å². The molecule has 0 N–H and O–H groups in total. The predicted molar refractivity (Wildman–Crippen MR) is 88.9 cm³/mol. The van der Waals surface area contributed by atoms with Crippen LogP contribution >= 0.6 is 0 Å². The van der Waals surface area contributed by atoms with E-state index in [1.54, 1.807) is 7.11 Å². The Bertz CT molecular complexity index is 542. The number of carbonyl (C=O) groups excluding carboxylic acids is 1. The Balaban J connectivity index is 2.22. The Morgan fingerprint density at radius 1 is 1.39 bits per heavy atom. The van der Waals surface area contributed by atoms with Gasteiger partial charge in [-0.2, -0.15) is 0 Å². The number of hydrogen-bond acceptors (Lipinski definition) is 4. The van der Waals surface area contributed by atoms with Crippen LogP contribution in [0.1, 0.15) is 38.1 Å². The van der Waals surface area contributed by atoms with E-state index in [-0.39, 0.29) is 18.1 Å². The summed E-state index contributed by atoms with van der Waals surface area (Å²) in [5.74, 6) is 0.596. The molecule has 0 aromatic heterocycles. The Labute approximate surface area is 138 Å². The summed E-state index contributed by atoms with van der Waals surface area (Å²) in [4.78, 5) is 14.8. The first-order chi connectivity index (χ1) is 10.8. The minimum atomic E-state index is -0.398. The van der Waals surface area contributed by atoms with Gasteiger partial charge in [-0.15, -0.1) is 0 Å². The van der Waals surface area contributed by atoms with Gasteiger partial charge in [-0.3, -0.25) is 4.79 Å². The standard InChI is InChI=1S/C18H27NO4/c1-13(2)22-16-9-7-6-8-15(16)17(20)19-10-14(11-21-5)23-18(3,4)12-19/h6-9,13-14H,10-12H2,1-5H3. The van der Waals surface area contributed by atoms with Gasteiger partial charge in [0.25, 0.3) is 5.91 Å². The van der Waals surface area contributed by atoms with Crippen molar-refractivity contribution in [1.29, 1.82) is 0 Å². The summed E-state index contributed by atoms with van der Waals surface area (Å²) in [5, 5.41) is 0. The molecule has 1 aromatic carbocycles. The van der Waals surface area contributed by atoms with E-state index in [0.717, 1.165) is 0 Å². The molecule has 5 heteroatoms. The van der Waals surface area contributed by atoms with Crippen LogP contribution in [0.5, 0.6) is 5.75 Å². The van der Waals surface area contributed by atoms with Crippen molar-refractivity contribution in [3.63, 3.8) is 0 Å². The first-order valence-corrected chi connectivity index (χ1v) is 8.04. The monoisotopic (exact) mass is 321 g/mol. The third-order valence-corrected chi connectivity index (χ3v) is 3.60. The number of carbonyl (C=O) groups is 1. The second-order valence-corrected chi connectivity index (χ2v) is 6.80. The summed E-state index contributed by atoms with van der Waals surface area (Å²) in [5.41, 5.74) is 0.195. The van der Waals surface area contributed by atoms with Gasteiger partial charge in [-0.25, -0.2) is 0 Å². The van der Waals surface area contributed by atoms with Crippen molar-refractivity contribution < 1.29 is 19.0 Å². The minimum absolute atomic E-state index is 0.0197. The molecule has 128 valence electrons. The molecule has 1 aliphatic rings. The minimum Gasteiger partial charge on any atom is -0.490 e. The van der Waals surface area contributed by atoms with Gasteiger partial charge in [0.2, 0.25) is 0 Å². The molecule has 1 heterocycles. The van der Waals surface area contributed by atoms with E-state index >= 15 is 0 Å². The lowest BCUT2D eigenvalue weighted by Crippen LogP contribution is -2.55. The van der Waals surface area contributed by atoms with Crippen LogP contribution < -0.4 is 4.74 Å². The number of nitrogens with zero attached hydrogens (tertiary/aromatic N) is 1. The summed E-state index contributed by atoms with van der Waals surface area (Å²) < 4.78 is 17.0. The third-order valence-electron chi connectivity index (χ3n) is 3.60. The average molecular weight is 321 g/mol. The van der Waals surface area contributed by atoms with Crippen LogP contribution in [0, 0.1) is 0 Å². The smallest absolute Gasteiger partial charge is 0.257 e. The van der Waals surface area contributed by atoms with E-state index < -0.39 is 5.60 Å². The van der Waals surface area contributed by atoms with Crippen molar-refractivity contribution in [2.75, 3.05) is 26.8 Å². The number of morpholine rings is 1. The van der Waals surface area contributed by atoms with E-state index in [1.165, 1.54) is 0 Å². The van der Waals surface area contributed by atoms with E-state index in [9.17, 15) is 4.79 Å². The summed E-state index contributed by atoms with van der Waals surface area (Å²) >= 11 is 0. The summed E-state index contributed by atoms with van der Waals surface area (Å²) in [7, 11) is 1.64. The molecule has 0 aliphatic carbocycles. The van der Waals surface area contributed by atoms with Crippen molar-refractivity contribution in [2.45, 2.75) is 45.5 Å². The summed E-state index contributed by atoms with van der Waals surface area (Å²) in [6, 6.07) is 7.39. The van der Waals surface area contributed by atoms with Crippen LogP contribution in [0.15, 0.2) is 24.3 Å². The number of ether oxygens (including phenoxy) is 3. The zero-order valence-electron chi connectivity index (χ0n) is 14.7. The van der Waals surface area contributed by atoms with Crippen LogP contribution in [0.3, 0.4) is 0 Å². The van der Waals surface area contributed by atoms with E-state index in [0.29, 0.717) is 31.0 Å². The lowest BCUT2D eigenvalue weighted by molar-refractivity contribution is -0.143. The third kappa shape index (κ3) is 4.69. The summed E-state index contributed by atoms with van der Waals surface area (Å²) in [6.45, 7) is 9.42. The van der Waals surface area contributed by atoms with Crippen LogP contribution in [0.4, 0.5) is 0 Å². The molecular formula is C18H27NO4. The zero-order valence-corrected chi connectivity index (χ0v) is 14.7. The molecule has 0 bridgehead atoms. The predicted octanol–water partition coefficient (Wildman–Crippen LogP) is 2.74. The number of rotatable bonds is 5. The largest absolute Gasteiger partial charge is 0.490 e. The first kappa shape index (κ1) is 17.8. The molecule has 1 aromatic rings. The Morgan fingerprint density at radius 2 is 2.09 bits per heavy atom. The van der Waals surface area contributed by atoms with Gasteiger partial charge >= 0.3 is 0 Å². The quantitative estimate of drug-likeness (QED) is 0.837. The van der Waals surface area contributed by atoms with Gasteiger partial charge < -0.3 is 19.1 Å². The molecular weight excluding hydrogens is 294 g/mol. The Hall–Kier alpha value is -1.59. The highest BCUT2D eigenvalue weighted by atomic mass is 16.5. The molecule has 1 unspecified atom stereocenters. The fraction of sp³-hybridized carbons (Fsp3) is 0.611. The molecule has 1 saturated heterocycles. The van der Waals surface area contributed by atoms with Gasteiger partial charge in [0.1, 0.15) is 5.75 Å². The zero-order chi connectivity index (χ0) is 17.0. The van der Waals surface area contributed by atoms with E-state index in [4.69, 9.17) is 14.2 Å². The molecule has 1 fully saturated rings. The van der Waals surface area contributed by atoms with E-state index in [2.05, 4.69) is 0 Å². The highest BCUT2D eigenvalue weighted by Crippen LogP contribution is 2.26. The van der Waals surface area contributed by atoms with Gasteiger partial charge in [-0.1, -0.05) is 12.1 Å². The van der Waals surface area contributed by atoms with Gasteiger partial charge in [0.15, 0.2) is 0 Å². The molecule has 5 nitrogen and oxygen atoms in total. The number of benzene rings is 1. The van der Waals surface area contributed by atoms with Gasteiger partial charge in [0, 0.05) is 20.2 Å². The normalized spacial score (nSPS) is 20.6. The number of para-hydroxylation sites is 1. The molecule has 1 amide bonds. The maximum Gasteiger partial charge on any atom is 0.257 e. The molecule has 1 aliphatic heterocycles. The number of methoxy groups -OCH3 is 1. The summed E-state index contributed by atoms with van der Waals surface area (Å²) in [6.07, 6.45) is -0.0998. The number of amides is 1. The molecule has 0 saturated carbocycles. The average Bonchev–Trinajstić information content (AvgIpc) is 2.45. The van der Waals surface area contributed by atoms with Crippen LogP contribution in [-0.2, 0) is 9.47 Å².